The maximum atomic E-state index is 14.0. The van der Waals surface area contributed by atoms with Gasteiger partial charge in [-0.15, -0.1) is 0 Å². The highest BCUT2D eigenvalue weighted by molar-refractivity contribution is 5.97. The molecule has 5 rings (SSSR count). The average Bonchev–Trinajstić information content (AvgIpc) is 3.30. The molecule has 0 radical (unpaired) electrons. The first kappa shape index (κ1) is 23.9. The lowest BCUT2D eigenvalue weighted by atomic mass is 9.97. The van der Waals surface area contributed by atoms with Crippen molar-refractivity contribution in [2.24, 2.45) is 0 Å². The highest BCUT2D eigenvalue weighted by atomic mass is 19.2. The van der Waals surface area contributed by atoms with Gasteiger partial charge in [-0.05, 0) is 55.3 Å². The van der Waals surface area contributed by atoms with Crippen LogP contribution < -0.4 is 4.74 Å². The monoisotopic (exact) mass is 499 g/mol. The van der Waals surface area contributed by atoms with Gasteiger partial charge in [0.1, 0.15) is 11.9 Å². The van der Waals surface area contributed by atoms with Gasteiger partial charge in [0.05, 0.1) is 50.1 Å². The van der Waals surface area contributed by atoms with E-state index in [0.717, 1.165) is 23.5 Å². The smallest absolute Gasteiger partial charge is 0.290 e. The van der Waals surface area contributed by atoms with Crippen LogP contribution in [-0.2, 0) is 14.3 Å². The van der Waals surface area contributed by atoms with Gasteiger partial charge in [0.15, 0.2) is 23.2 Å². The molecule has 0 saturated carbocycles. The number of aryl methyl sites for hydroxylation is 1. The first-order valence-electron chi connectivity index (χ1n) is 11.4. The molecule has 1 aromatic heterocycles. The predicted molar refractivity (Wildman–Crippen MR) is 124 cm³/mol. The molecule has 0 bridgehead atoms. The number of nitrogens with zero attached hydrogens (tertiary/aromatic N) is 3. The van der Waals surface area contributed by atoms with E-state index in [0.29, 0.717) is 11.3 Å². The molecule has 2 saturated heterocycles. The van der Waals surface area contributed by atoms with E-state index in [1.54, 1.807) is 32.5 Å². The standard InChI is InChI=1S/C26H24F3N3O4/c1-14-10-31(13-30-14)20-5-4-16(6-23(20)34-3)7-24-26(33)32-21(15(2)36-24)11-35-12-22(32)17-8-18(27)25(29)19(28)9-17/h4-10,13,15,21-22H,11-12H2,1-3H3/t15-,21-,22+/m1/s1. The molecule has 2 fully saturated rings. The van der Waals surface area contributed by atoms with Crippen molar-refractivity contribution in [1.82, 2.24) is 14.5 Å². The van der Waals surface area contributed by atoms with Gasteiger partial charge in [0.25, 0.3) is 5.91 Å². The van der Waals surface area contributed by atoms with Gasteiger partial charge in [-0.3, -0.25) is 4.79 Å². The average molecular weight is 499 g/mol. The molecule has 2 aliphatic heterocycles. The molecule has 3 aromatic rings. The van der Waals surface area contributed by atoms with E-state index < -0.39 is 41.5 Å². The molecule has 0 N–H and O–H groups in total. The number of aromatic nitrogens is 2. The summed E-state index contributed by atoms with van der Waals surface area (Å²) < 4.78 is 60.4. The SMILES string of the molecule is COc1cc(C=C2O[C@H](C)[C@H]3COC[C@@H](c4cc(F)c(F)c(F)c4)N3C2=O)ccc1-n1cnc(C)c1. The second-order valence-electron chi connectivity index (χ2n) is 8.82. The third-order valence-electron chi connectivity index (χ3n) is 6.44. The van der Waals surface area contributed by atoms with Crippen molar-refractivity contribution in [3.05, 3.63) is 82.9 Å². The fraction of sp³-hybridized carbons (Fsp3) is 0.308. The van der Waals surface area contributed by atoms with Gasteiger partial charge in [-0.25, -0.2) is 18.2 Å². The van der Waals surface area contributed by atoms with Crippen LogP contribution in [0.5, 0.6) is 5.75 Å². The zero-order chi connectivity index (χ0) is 25.6. The number of fused-ring (bicyclic) bond motifs is 1. The Balaban J connectivity index is 1.49. The number of rotatable bonds is 4. The summed E-state index contributed by atoms with van der Waals surface area (Å²) in [7, 11) is 1.55. The molecule has 36 heavy (non-hydrogen) atoms. The van der Waals surface area contributed by atoms with E-state index in [9.17, 15) is 18.0 Å². The summed E-state index contributed by atoms with van der Waals surface area (Å²) in [5.74, 6) is -4.02. The van der Waals surface area contributed by atoms with Crippen molar-refractivity contribution in [1.29, 1.82) is 0 Å². The van der Waals surface area contributed by atoms with Gasteiger partial charge in [-0.2, -0.15) is 0 Å². The van der Waals surface area contributed by atoms with Gasteiger partial charge in [0.2, 0.25) is 0 Å². The number of ether oxygens (including phenoxy) is 3. The molecule has 2 aromatic carbocycles. The molecule has 1 amide bonds. The third kappa shape index (κ3) is 4.21. The van der Waals surface area contributed by atoms with Crippen LogP contribution in [0.4, 0.5) is 13.2 Å². The molecular weight excluding hydrogens is 475 g/mol. The number of hydrogen-bond donors (Lipinski definition) is 0. The van der Waals surface area contributed by atoms with E-state index >= 15 is 0 Å². The van der Waals surface area contributed by atoms with Gasteiger partial charge in [0, 0.05) is 6.20 Å². The molecular formula is C26H24F3N3O4. The number of carbonyl (C=O) groups excluding carboxylic acids is 1. The van der Waals surface area contributed by atoms with Crippen molar-refractivity contribution < 1.29 is 32.2 Å². The summed E-state index contributed by atoms with van der Waals surface area (Å²) >= 11 is 0. The maximum Gasteiger partial charge on any atom is 0.290 e. The second-order valence-corrected chi connectivity index (χ2v) is 8.82. The Morgan fingerprint density at radius 3 is 2.56 bits per heavy atom. The normalized spacial score (nSPS) is 22.9. The number of hydrogen-bond acceptors (Lipinski definition) is 5. The van der Waals surface area contributed by atoms with Crippen LogP contribution in [-0.4, -0.2) is 52.8 Å². The lowest BCUT2D eigenvalue weighted by Gasteiger charge is -2.47. The Morgan fingerprint density at radius 1 is 1.14 bits per heavy atom. The van der Waals surface area contributed by atoms with E-state index in [2.05, 4.69) is 4.98 Å². The Bertz CT molecular complexity index is 1330. The number of amides is 1. The fourth-order valence-electron chi connectivity index (χ4n) is 4.62. The lowest BCUT2D eigenvalue weighted by molar-refractivity contribution is -0.166. The number of methoxy groups -OCH3 is 1. The quantitative estimate of drug-likeness (QED) is 0.395. The Labute approximate surface area is 205 Å². The summed E-state index contributed by atoms with van der Waals surface area (Å²) in [6, 6.07) is 5.93. The Kier molecular flexibility index (Phi) is 6.21. The van der Waals surface area contributed by atoms with Crippen molar-refractivity contribution in [3.63, 3.8) is 0 Å². The molecule has 0 aliphatic carbocycles. The topological polar surface area (TPSA) is 65.8 Å². The number of halogens is 3. The Hall–Kier alpha value is -3.79. The molecule has 3 heterocycles. The van der Waals surface area contributed by atoms with Crippen LogP contribution in [0.15, 0.2) is 48.6 Å². The lowest BCUT2D eigenvalue weighted by Crippen LogP contribution is -2.59. The zero-order valence-electron chi connectivity index (χ0n) is 19.9. The van der Waals surface area contributed by atoms with E-state index in [1.165, 1.54) is 4.90 Å². The van der Waals surface area contributed by atoms with Crippen LogP contribution in [0.25, 0.3) is 11.8 Å². The number of carbonyl (C=O) groups is 1. The summed E-state index contributed by atoms with van der Waals surface area (Å²) in [6.07, 6.45) is 4.69. The van der Waals surface area contributed by atoms with Crippen molar-refractivity contribution >= 4 is 12.0 Å². The second kappa shape index (κ2) is 9.34. The summed E-state index contributed by atoms with van der Waals surface area (Å²) in [6.45, 7) is 3.89. The molecule has 10 heteroatoms. The molecule has 188 valence electrons. The fourth-order valence-corrected chi connectivity index (χ4v) is 4.62. The summed E-state index contributed by atoms with van der Waals surface area (Å²) in [5, 5.41) is 0. The van der Waals surface area contributed by atoms with Crippen molar-refractivity contribution in [2.45, 2.75) is 32.0 Å². The Morgan fingerprint density at radius 2 is 1.89 bits per heavy atom. The van der Waals surface area contributed by atoms with Crippen LogP contribution in [0.3, 0.4) is 0 Å². The predicted octanol–water partition coefficient (Wildman–Crippen LogP) is 4.33. The third-order valence-corrected chi connectivity index (χ3v) is 6.44. The minimum atomic E-state index is -1.56. The van der Waals surface area contributed by atoms with E-state index in [-0.39, 0.29) is 24.5 Å². The minimum absolute atomic E-state index is 0.0135. The van der Waals surface area contributed by atoms with Crippen molar-refractivity contribution in [3.8, 4) is 11.4 Å². The summed E-state index contributed by atoms with van der Waals surface area (Å²) in [5.41, 5.74) is 2.40. The van der Waals surface area contributed by atoms with Gasteiger partial charge in [-0.1, -0.05) is 6.07 Å². The largest absolute Gasteiger partial charge is 0.495 e. The molecule has 7 nitrogen and oxygen atoms in total. The molecule has 0 spiro atoms. The first-order chi connectivity index (χ1) is 17.3. The van der Waals surface area contributed by atoms with Crippen LogP contribution in [0.1, 0.15) is 29.8 Å². The highest BCUT2D eigenvalue weighted by Crippen LogP contribution is 2.36. The molecule has 0 unspecified atom stereocenters. The first-order valence-corrected chi connectivity index (χ1v) is 11.4. The molecule has 2 aliphatic rings. The number of benzene rings is 2. The van der Waals surface area contributed by atoms with E-state index in [1.807, 2.05) is 29.8 Å². The zero-order valence-corrected chi connectivity index (χ0v) is 19.9. The van der Waals surface area contributed by atoms with Crippen LogP contribution >= 0.6 is 0 Å². The van der Waals surface area contributed by atoms with E-state index in [4.69, 9.17) is 14.2 Å². The van der Waals surface area contributed by atoms with Crippen LogP contribution in [0, 0.1) is 24.4 Å². The summed E-state index contributed by atoms with van der Waals surface area (Å²) in [4.78, 5) is 19.3. The van der Waals surface area contributed by atoms with Crippen LogP contribution in [0.2, 0.25) is 0 Å². The van der Waals surface area contributed by atoms with Gasteiger partial charge < -0.3 is 23.7 Å². The van der Waals surface area contributed by atoms with Gasteiger partial charge >= 0.3 is 0 Å². The number of morpholine rings is 2. The minimum Gasteiger partial charge on any atom is -0.495 e. The number of imidazole rings is 1. The highest BCUT2D eigenvalue weighted by Gasteiger charge is 2.45. The maximum absolute atomic E-state index is 14.0. The molecule has 3 atom stereocenters. The van der Waals surface area contributed by atoms with Crippen molar-refractivity contribution in [2.75, 3.05) is 20.3 Å².